The Labute approximate surface area is 114 Å². The minimum atomic E-state index is -5.10. The normalized spacial score (nSPS) is 22.1. The van der Waals surface area contributed by atoms with E-state index < -0.39 is 23.9 Å². The lowest BCUT2D eigenvalue weighted by molar-refractivity contribution is -0.384. The Morgan fingerprint density at radius 1 is 1.30 bits per heavy atom. The standard InChI is InChI=1S/C13H15F3O4/c1-2-3-4-8-11(18)19-12(20-13(14,15)16)9-6-5-7-10(12)17/h5-7,9H,2-4,8H2,1H3. The van der Waals surface area contributed by atoms with Crippen LogP contribution in [0.25, 0.3) is 0 Å². The van der Waals surface area contributed by atoms with Gasteiger partial charge in [0.25, 0.3) is 0 Å². The van der Waals surface area contributed by atoms with E-state index in [1.165, 1.54) is 6.08 Å². The van der Waals surface area contributed by atoms with Crippen molar-refractivity contribution in [1.29, 1.82) is 0 Å². The molecular formula is C13H15F3O4. The first kappa shape index (κ1) is 16.4. The van der Waals surface area contributed by atoms with Gasteiger partial charge < -0.3 is 4.74 Å². The van der Waals surface area contributed by atoms with Gasteiger partial charge in [-0.25, -0.2) is 4.74 Å². The first-order valence-corrected chi connectivity index (χ1v) is 6.18. The van der Waals surface area contributed by atoms with Gasteiger partial charge in [-0.3, -0.25) is 9.59 Å². The molecule has 1 aliphatic carbocycles. The summed E-state index contributed by atoms with van der Waals surface area (Å²) in [5, 5.41) is 0. The molecule has 0 aliphatic heterocycles. The predicted octanol–water partition coefficient (Wildman–Crippen LogP) is 3.04. The summed E-state index contributed by atoms with van der Waals surface area (Å²) in [5.74, 6) is -4.73. The summed E-state index contributed by atoms with van der Waals surface area (Å²) in [6, 6.07) is 0. The van der Waals surface area contributed by atoms with Crippen LogP contribution in [0.2, 0.25) is 0 Å². The molecule has 0 bridgehead atoms. The van der Waals surface area contributed by atoms with Crippen molar-refractivity contribution >= 4 is 11.8 Å². The Bertz CT molecular complexity index is 426. The van der Waals surface area contributed by atoms with Crippen molar-refractivity contribution in [3.63, 3.8) is 0 Å². The molecule has 4 nitrogen and oxygen atoms in total. The number of rotatable bonds is 6. The van der Waals surface area contributed by atoms with Gasteiger partial charge in [0.05, 0.1) is 0 Å². The lowest BCUT2D eigenvalue weighted by atomic mass is 10.1. The fourth-order valence-corrected chi connectivity index (χ4v) is 1.62. The Kier molecular flexibility index (Phi) is 5.50. The van der Waals surface area contributed by atoms with Crippen LogP contribution in [0.5, 0.6) is 0 Å². The molecule has 0 amide bonds. The Morgan fingerprint density at radius 3 is 2.55 bits per heavy atom. The van der Waals surface area contributed by atoms with Crippen LogP contribution >= 0.6 is 0 Å². The molecule has 1 aliphatic rings. The predicted molar refractivity (Wildman–Crippen MR) is 63.4 cm³/mol. The number of carbonyl (C=O) groups excluding carboxylic acids is 2. The lowest BCUT2D eigenvalue weighted by Gasteiger charge is -2.29. The van der Waals surface area contributed by atoms with Crippen LogP contribution in [-0.4, -0.2) is 23.9 Å². The molecule has 0 aromatic heterocycles. The summed E-state index contributed by atoms with van der Waals surface area (Å²) in [7, 11) is 0. The number of carbonyl (C=O) groups is 2. The van der Waals surface area contributed by atoms with Gasteiger partial charge in [0.1, 0.15) is 0 Å². The molecule has 7 heteroatoms. The van der Waals surface area contributed by atoms with E-state index in [2.05, 4.69) is 9.47 Å². The van der Waals surface area contributed by atoms with Crippen LogP contribution in [0, 0.1) is 0 Å². The fraction of sp³-hybridized carbons (Fsp3) is 0.538. The van der Waals surface area contributed by atoms with Gasteiger partial charge in [-0.05, 0) is 18.6 Å². The van der Waals surface area contributed by atoms with E-state index in [0.717, 1.165) is 31.1 Å². The van der Waals surface area contributed by atoms with Crippen LogP contribution < -0.4 is 0 Å². The number of hydrogen-bond acceptors (Lipinski definition) is 4. The largest absolute Gasteiger partial charge is 0.526 e. The van der Waals surface area contributed by atoms with E-state index in [4.69, 9.17) is 0 Å². The number of unbranched alkanes of at least 4 members (excludes halogenated alkanes) is 2. The van der Waals surface area contributed by atoms with Gasteiger partial charge in [0, 0.05) is 6.42 Å². The maximum atomic E-state index is 12.4. The molecule has 0 radical (unpaired) electrons. The monoisotopic (exact) mass is 292 g/mol. The van der Waals surface area contributed by atoms with Crippen molar-refractivity contribution in [1.82, 2.24) is 0 Å². The lowest BCUT2D eigenvalue weighted by Crippen LogP contribution is -2.47. The van der Waals surface area contributed by atoms with Crippen LogP contribution in [-0.2, 0) is 19.1 Å². The molecule has 0 aromatic rings. The Morgan fingerprint density at radius 2 is 2.00 bits per heavy atom. The van der Waals surface area contributed by atoms with Gasteiger partial charge in [-0.2, -0.15) is 0 Å². The second kappa shape index (κ2) is 6.69. The number of ether oxygens (including phenoxy) is 2. The van der Waals surface area contributed by atoms with Crippen molar-refractivity contribution in [2.24, 2.45) is 0 Å². The van der Waals surface area contributed by atoms with E-state index in [9.17, 15) is 22.8 Å². The van der Waals surface area contributed by atoms with Crippen LogP contribution in [0.1, 0.15) is 32.6 Å². The molecule has 0 saturated heterocycles. The highest BCUT2D eigenvalue weighted by Crippen LogP contribution is 2.31. The second-order valence-corrected chi connectivity index (χ2v) is 4.23. The smallest absolute Gasteiger partial charge is 0.421 e. The van der Waals surface area contributed by atoms with Gasteiger partial charge in [0.15, 0.2) is 0 Å². The SMILES string of the molecule is CCCCCC(=O)OC1(OC(F)(F)F)C=CC=CC1=O. The van der Waals surface area contributed by atoms with Gasteiger partial charge in [-0.1, -0.05) is 31.9 Å². The first-order valence-electron chi connectivity index (χ1n) is 6.18. The topological polar surface area (TPSA) is 52.6 Å². The summed E-state index contributed by atoms with van der Waals surface area (Å²) >= 11 is 0. The third kappa shape index (κ3) is 4.80. The molecule has 20 heavy (non-hydrogen) atoms. The third-order valence-corrected chi connectivity index (χ3v) is 2.54. The fourth-order valence-electron chi connectivity index (χ4n) is 1.62. The highest BCUT2D eigenvalue weighted by atomic mass is 19.4. The minimum Gasteiger partial charge on any atom is -0.421 e. The molecule has 0 N–H and O–H groups in total. The van der Waals surface area contributed by atoms with Crippen molar-refractivity contribution in [2.75, 3.05) is 0 Å². The minimum absolute atomic E-state index is 0.0678. The molecule has 0 fully saturated rings. The number of ketones is 1. The van der Waals surface area contributed by atoms with Crippen LogP contribution in [0.4, 0.5) is 13.2 Å². The Hall–Kier alpha value is -1.63. The maximum Gasteiger partial charge on any atom is 0.526 e. The van der Waals surface area contributed by atoms with Crippen molar-refractivity contribution in [3.8, 4) is 0 Å². The first-order chi connectivity index (χ1) is 9.29. The van der Waals surface area contributed by atoms with E-state index in [1.54, 1.807) is 0 Å². The average Bonchev–Trinajstić information content (AvgIpc) is 2.31. The maximum absolute atomic E-state index is 12.4. The van der Waals surface area contributed by atoms with E-state index in [-0.39, 0.29) is 6.42 Å². The zero-order valence-corrected chi connectivity index (χ0v) is 10.9. The summed E-state index contributed by atoms with van der Waals surface area (Å²) < 4.78 is 45.5. The number of halogens is 3. The molecular weight excluding hydrogens is 277 g/mol. The zero-order valence-electron chi connectivity index (χ0n) is 10.9. The zero-order chi connectivity index (χ0) is 15.2. The molecule has 0 heterocycles. The van der Waals surface area contributed by atoms with Gasteiger partial charge in [0.2, 0.25) is 5.78 Å². The third-order valence-electron chi connectivity index (χ3n) is 2.54. The number of allylic oxidation sites excluding steroid dienone is 2. The summed E-state index contributed by atoms with van der Waals surface area (Å²) in [6.07, 6.45) is 0.940. The molecule has 1 atom stereocenters. The molecule has 1 rings (SSSR count). The summed E-state index contributed by atoms with van der Waals surface area (Å²) in [6.45, 7) is 1.91. The summed E-state index contributed by atoms with van der Waals surface area (Å²) in [5.41, 5.74) is 0. The van der Waals surface area contributed by atoms with E-state index >= 15 is 0 Å². The Balaban J connectivity index is 2.79. The van der Waals surface area contributed by atoms with E-state index in [0.29, 0.717) is 6.42 Å². The average molecular weight is 292 g/mol. The quantitative estimate of drug-likeness (QED) is 0.429. The second-order valence-electron chi connectivity index (χ2n) is 4.23. The van der Waals surface area contributed by atoms with Crippen LogP contribution in [0.3, 0.4) is 0 Å². The molecule has 1 unspecified atom stereocenters. The molecule has 112 valence electrons. The van der Waals surface area contributed by atoms with E-state index in [1.807, 2.05) is 6.92 Å². The molecule has 0 spiro atoms. The van der Waals surface area contributed by atoms with Crippen LogP contribution in [0.15, 0.2) is 24.3 Å². The molecule has 0 saturated carbocycles. The van der Waals surface area contributed by atoms with Gasteiger partial charge >= 0.3 is 18.1 Å². The van der Waals surface area contributed by atoms with Gasteiger partial charge in [-0.15, -0.1) is 13.2 Å². The highest BCUT2D eigenvalue weighted by molar-refractivity contribution is 6.00. The number of alkyl halides is 3. The van der Waals surface area contributed by atoms with Crippen molar-refractivity contribution in [2.45, 2.75) is 44.8 Å². The summed E-state index contributed by atoms with van der Waals surface area (Å²) in [4.78, 5) is 23.2. The highest BCUT2D eigenvalue weighted by Gasteiger charge is 2.50. The van der Waals surface area contributed by atoms with Crippen molar-refractivity contribution < 1.29 is 32.2 Å². The number of hydrogen-bond donors (Lipinski definition) is 0. The van der Waals surface area contributed by atoms with Crippen molar-refractivity contribution in [3.05, 3.63) is 24.3 Å². The molecule has 0 aromatic carbocycles. The number of esters is 1.